The Bertz CT molecular complexity index is 469. The van der Waals surface area contributed by atoms with Crippen LogP contribution in [0.3, 0.4) is 0 Å². The monoisotopic (exact) mass is 222 g/mol. The highest BCUT2D eigenvalue weighted by Crippen LogP contribution is 2.25. The van der Waals surface area contributed by atoms with Crippen molar-refractivity contribution in [3.05, 3.63) is 77.9 Å². The van der Waals surface area contributed by atoms with E-state index in [4.69, 9.17) is 0 Å². The van der Waals surface area contributed by atoms with Crippen LogP contribution in [0.25, 0.3) is 6.08 Å². The summed E-state index contributed by atoms with van der Waals surface area (Å²) in [7, 11) is 0. The van der Waals surface area contributed by atoms with Gasteiger partial charge in [-0.3, -0.25) is 0 Å². The van der Waals surface area contributed by atoms with Crippen molar-refractivity contribution in [3.63, 3.8) is 0 Å². The summed E-state index contributed by atoms with van der Waals surface area (Å²) in [6.07, 6.45) is 11.5. The molecule has 0 bridgehead atoms. The molecule has 0 unspecified atom stereocenters. The Balaban J connectivity index is 2.12. The first-order chi connectivity index (χ1) is 8.33. The maximum absolute atomic E-state index is 3.81. The maximum atomic E-state index is 3.81. The molecular weight excluding hydrogens is 204 g/mol. The van der Waals surface area contributed by atoms with Gasteiger partial charge in [-0.1, -0.05) is 60.7 Å². The van der Waals surface area contributed by atoms with E-state index in [0.717, 1.165) is 19.3 Å². The van der Waals surface area contributed by atoms with Crippen molar-refractivity contribution in [1.29, 1.82) is 0 Å². The van der Waals surface area contributed by atoms with Crippen molar-refractivity contribution >= 4 is 6.08 Å². The molecule has 0 radical (unpaired) electrons. The molecular formula is C17H18. The van der Waals surface area contributed by atoms with Gasteiger partial charge >= 0.3 is 0 Å². The molecule has 0 saturated heterocycles. The van der Waals surface area contributed by atoms with Gasteiger partial charge in [0.05, 0.1) is 0 Å². The molecule has 0 spiro atoms. The van der Waals surface area contributed by atoms with E-state index in [0.29, 0.717) is 0 Å². The predicted molar refractivity (Wildman–Crippen MR) is 75.8 cm³/mol. The number of allylic oxidation sites excluding steroid dienone is 5. The highest BCUT2D eigenvalue weighted by atomic mass is 14.1. The Morgan fingerprint density at radius 1 is 1.12 bits per heavy atom. The van der Waals surface area contributed by atoms with Crippen LogP contribution in [0.5, 0.6) is 0 Å². The molecule has 0 heterocycles. The van der Waals surface area contributed by atoms with E-state index in [1.165, 1.54) is 22.3 Å². The lowest BCUT2D eigenvalue weighted by molar-refractivity contribution is 1.05. The zero-order valence-electron chi connectivity index (χ0n) is 10.2. The third-order valence-electron chi connectivity index (χ3n) is 3.13. The highest BCUT2D eigenvalue weighted by Gasteiger charge is 2.08. The molecule has 86 valence electrons. The van der Waals surface area contributed by atoms with Gasteiger partial charge in [0, 0.05) is 0 Å². The average molecular weight is 222 g/mol. The lowest BCUT2D eigenvalue weighted by Crippen LogP contribution is -1.91. The van der Waals surface area contributed by atoms with Crippen molar-refractivity contribution < 1.29 is 0 Å². The van der Waals surface area contributed by atoms with Crippen LogP contribution in [0.2, 0.25) is 0 Å². The van der Waals surface area contributed by atoms with E-state index in [2.05, 4.69) is 49.6 Å². The second-order valence-electron chi connectivity index (χ2n) is 4.35. The summed E-state index contributed by atoms with van der Waals surface area (Å²) >= 11 is 0. The zero-order chi connectivity index (χ0) is 12.1. The predicted octanol–water partition coefficient (Wildman–Crippen LogP) is 4.70. The van der Waals surface area contributed by atoms with Crippen LogP contribution in [0.4, 0.5) is 0 Å². The molecule has 0 heteroatoms. The molecule has 1 aliphatic carbocycles. The minimum absolute atomic E-state index is 0.983. The average Bonchev–Trinajstić information content (AvgIpc) is 2.78. The Morgan fingerprint density at radius 2 is 1.88 bits per heavy atom. The van der Waals surface area contributed by atoms with Crippen LogP contribution in [0.15, 0.2) is 66.8 Å². The summed E-state index contributed by atoms with van der Waals surface area (Å²) in [6, 6.07) is 8.62. The summed E-state index contributed by atoms with van der Waals surface area (Å²) in [4.78, 5) is 0. The van der Waals surface area contributed by atoms with Crippen molar-refractivity contribution in [2.45, 2.75) is 19.3 Å². The molecule has 0 aromatic heterocycles. The lowest BCUT2D eigenvalue weighted by Gasteiger charge is -2.06. The first-order valence-electron chi connectivity index (χ1n) is 6.03. The molecule has 0 N–H and O–H groups in total. The van der Waals surface area contributed by atoms with Crippen molar-refractivity contribution in [2.75, 3.05) is 0 Å². The maximum Gasteiger partial charge on any atom is -0.00580 e. The summed E-state index contributed by atoms with van der Waals surface area (Å²) < 4.78 is 0. The van der Waals surface area contributed by atoms with E-state index in [1.807, 2.05) is 12.2 Å². The normalized spacial score (nSPS) is 14.1. The molecule has 0 fully saturated rings. The zero-order valence-corrected chi connectivity index (χ0v) is 10.2. The summed E-state index contributed by atoms with van der Waals surface area (Å²) in [5.41, 5.74) is 5.51. The fourth-order valence-corrected chi connectivity index (χ4v) is 2.16. The van der Waals surface area contributed by atoms with Gasteiger partial charge in [-0.05, 0) is 36.0 Å². The Morgan fingerprint density at radius 3 is 2.53 bits per heavy atom. The second kappa shape index (κ2) is 5.49. The minimum Gasteiger partial charge on any atom is -0.103 e. The molecule has 0 atom stereocenters. The van der Waals surface area contributed by atoms with E-state index >= 15 is 0 Å². The van der Waals surface area contributed by atoms with Gasteiger partial charge in [-0.25, -0.2) is 0 Å². The standard InChI is InChI=1S/C17H18/c1-3-6-16-7-5-8-17(16)13-15-11-9-14(4-2)10-12-15/h3-5,7,9-12H,1-2,6,8,13H2. The van der Waals surface area contributed by atoms with Crippen LogP contribution in [0, 0.1) is 0 Å². The Kier molecular flexibility index (Phi) is 3.77. The quantitative estimate of drug-likeness (QED) is 0.633. The topological polar surface area (TPSA) is 0 Å². The van der Waals surface area contributed by atoms with Gasteiger partial charge in [0.15, 0.2) is 0 Å². The summed E-state index contributed by atoms with van der Waals surface area (Å²) in [5, 5.41) is 0. The summed E-state index contributed by atoms with van der Waals surface area (Å²) in [5.74, 6) is 0. The van der Waals surface area contributed by atoms with Crippen LogP contribution in [0.1, 0.15) is 24.0 Å². The highest BCUT2D eigenvalue weighted by molar-refractivity contribution is 5.48. The van der Waals surface area contributed by atoms with Crippen LogP contribution < -0.4 is 0 Å². The molecule has 0 aliphatic heterocycles. The first-order valence-corrected chi connectivity index (χ1v) is 6.03. The number of hydrogen-bond acceptors (Lipinski definition) is 0. The van der Waals surface area contributed by atoms with Crippen LogP contribution in [-0.4, -0.2) is 0 Å². The van der Waals surface area contributed by atoms with Gasteiger partial charge in [-0.2, -0.15) is 0 Å². The van der Waals surface area contributed by atoms with Gasteiger partial charge in [0.1, 0.15) is 0 Å². The van der Waals surface area contributed by atoms with E-state index in [9.17, 15) is 0 Å². The number of benzene rings is 1. The van der Waals surface area contributed by atoms with Crippen molar-refractivity contribution in [1.82, 2.24) is 0 Å². The third-order valence-corrected chi connectivity index (χ3v) is 3.13. The SMILES string of the molecule is C=CCC1=C(Cc2ccc(C=C)cc2)CC=C1. The van der Waals surface area contributed by atoms with Gasteiger partial charge < -0.3 is 0 Å². The molecule has 1 aromatic rings. The number of rotatable bonds is 5. The largest absolute Gasteiger partial charge is 0.103 e. The van der Waals surface area contributed by atoms with Gasteiger partial charge in [-0.15, -0.1) is 6.58 Å². The Labute approximate surface area is 104 Å². The van der Waals surface area contributed by atoms with E-state index < -0.39 is 0 Å². The molecule has 17 heavy (non-hydrogen) atoms. The van der Waals surface area contributed by atoms with Crippen molar-refractivity contribution in [2.24, 2.45) is 0 Å². The second-order valence-corrected chi connectivity index (χ2v) is 4.35. The van der Waals surface area contributed by atoms with Crippen LogP contribution in [-0.2, 0) is 6.42 Å². The third kappa shape index (κ3) is 2.85. The molecule has 1 aromatic carbocycles. The first kappa shape index (κ1) is 11.7. The molecule has 0 saturated carbocycles. The van der Waals surface area contributed by atoms with Crippen LogP contribution >= 0.6 is 0 Å². The lowest BCUT2D eigenvalue weighted by atomic mass is 9.99. The van der Waals surface area contributed by atoms with Gasteiger partial charge in [0.2, 0.25) is 0 Å². The molecule has 1 aliphatic rings. The smallest absolute Gasteiger partial charge is 0.00580 e. The Hall–Kier alpha value is -1.82. The van der Waals surface area contributed by atoms with E-state index in [-0.39, 0.29) is 0 Å². The fraction of sp³-hybridized carbons (Fsp3) is 0.176. The van der Waals surface area contributed by atoms with E-state index in [1.54, 1.807) is 0 Å². The molecule has 0 nitrogen and oxygen atoms in total. The molecule has 0 amide bonds. The fourth-order valence-electron chi connectivity index (χ4n) is 2.16. The minimum atomic E-state index is 0.983. The summed E-state index contributed by atoms with van der Waals surface area (Å²) in [6.45, 7) is 7.58. The molecule has 2 rings (SSSR count). The van der Waals surface area contributed by atoms with Crippen molar-refractivity contribution in [3.8, 4) is 0 Å². The van der Waals surface area contributed by atoms with Gasteiger partial charge in [0.25, 0.3) is 0 Å². The number of hydrogen-bond donors (Lipinski definition) is 0.